The van der Waals surface area contributed by atoms with E-state index in [4.69, 9.17) is 16.3 Å². The van der Waals surface area contributed by atoms with E-state index in [0.29, 0.717) is 23.8 Å². The minimum Gasteiger partial charge on any atom is -0.462 e. The first kappa shape index (κ1) is 20.0. The molecule has 0 spiro atoms. The summed E-state index contributed by atoms with van der Waals surface area (Å²) in [6.07, 6.45) is 5.89. The van der Waals surface area contributed by atoms with Crippen molar-refractivity contribution in [1.82, 2.24) is 15.0 Å². The second-order valence-electron chi connectivity index (χ2n) is 6.71. The summed E-state index contributed by atoms with van der Waals surface area (Å²) in [5, 5.41) is 3.07. The van der Waals surface area contributed by atoms with E-state index in [9.17, 15) is 9.18 Å². The van der Waals surface area contributed by atoms with Gasteiger partial charge in [0, 0.05) is 48.5 Å². The van der Waals surface area contributed by atoms with Gasteiger partial charge in [0.15, 0.2) is 0 Å². The van der Waals surface area contributed by atoms with Gasteiger partial charge in [0.2, 0.25) is 5.95 Å². The fraction of sp³-hybridized carbons (Fsp3) is 0.238. The molecule has 0 atom stereocenters. The minimum absolute atomic E-state index is 0.0152. The van der Waals surface area contributed by atoms with E-state index in [-0.39, 0.29) is 5.02 Å². The Morgan fingerprint density at radius 3 is 2.80 bits per heavy atom. The molecule has 1 N–H and O–H groups in total. The Labute approximate surface area is 177 Å². The third-order valence-corrected chi connectivity index (χ3v) is 4.95. The molecule has 1 saturated heterocycles. The van der Waals surface area contributed by atoms with Crippen molar-refractivity contribution >= 4 is 35.0 Å². The normalized spacial score (nSPS) is 13.0. The summed E-state index contributed by atoms with van der Waals surface area (Å²) in [6.45, 7) is 3.79. The quantitative estimate of drug-likeness (QED) is 0.581. The van der Waals surface area contributed by atoms with Crippen LogP contribution in [0.5, 0.6) is 0 Å². The van der Waals surface area contributed by atoms with Crippen molar-refractivity contribution in [3.05, 3.63) is 59.3 Å². The van der Waals surface area contributed by atoms with Gasteiger partial charge in [-0.05, 0) is 37.6 Å². The first-order valence-corrected chi connectivity index (χ1v) is 9.89. The molecule has 0 radical (unpaired) electrons. The molecule has 0 saturated carbocycles. The Morgan fingerprint density at radius 2 is 2.10 bits per heavy atom. The molecule has 0 aliphatic carbocycles. The Hall–Kier alpha value is -3.26. The van der Waals surface area contributed by atoms with E-state index in [1.165, 1.54) is 18.3 Å². The Bertz CT molecular complexity index is 1090. The van der Waals surface area contributed by atoms with Crippen molar-refractivity contribution in [3.8, 4) is 11.1 Å². The van der Waals surface area contributed by atoms with Gasteiger partial charge in [-0.2, -0.15) is 4.98 Å². The van der Waals surface area contributed by atoms with Crippen molar-refractivity contribution in [1.29, 1.82) is 0 Å². The molecule has 2 aromatic heterocycles. The molecule has 9 heteroatoms. The molecular weight excluding hydrogens is 409 g/mol. The second kappa shape index (κ2) is 8.62. The molecule has 4 rings (SSSR count). The van der Waals surface area contributed by atoms with Gasteiger partial charge in [-0.15, -0.1) is 0 Å². The number of nitrogens with zero attached hydrogens (tertiary/aromatic N) is 4. The zero-order valence-electron chi connectivity index (χ0n) is 16.2. The summed E-state index contributed by atoms with van der Waals surface area (Å²) in [5.41, 5.74) is 2.43. The number of benzene rings is 1. The van der Waals surface area contributed by atoms with Gasteiger partial charge < -0.3 is 15.0 Å². The third-order valence-electron chi connectivity index (χ3n) is 4.66. The van der Waals surface area contributed by atoms with Crippen molar-refractivity contribution in [2.45, 2.75) is 13.3 Å². The van der Waals surface area contributed by atoms with Gasteiger partial charge in [-0.3, -0.25) is 4.98 Å². The standard InChI is InChI=1S/C21H19ClFN5O2/c1-2-30-20(29)14-8-13(10-24-11-14)16-12-25-21(27-19(16)28-6-3-7-28)26-15-4-5-18(23)17(22)9-15/h4-5,8-12H,2-3,6-7H2,1H3,(H,25,26,27). The number of anilines is 3. The Morgan fingerprint density at radius 1 is 1.27 bits per heavy atom. The third kappa shape index (κ3) is 4.18. The highest BCUT2D eigenvalue weighted by Crippen LogP contribution is 2.33. The monoisotopic (exact) mass is 427 g/mol. The summed E-state index contributed by atoms with van der Waals surface area (Å²) in [4.78, 5) is 27.4. The number of hydrogen-bond donors (Lipinski definition) is 1. The van der Waals surface area contributed by atoms with E-state index >= 15 is 0 Å². The molecule has 1 aliphatic heterocycles. The Balaban J connectivity index is 1.68. The van der Waals surface area contributed by atoms with Gasteiger partial charge in [0.1, 0.15) is 11.6 Å². The summed E-state index contributed by atoms with van der Waals surface area (Å²) < 4.78 is 18.5. The average Bonchev–Trinajstić information content (AvgIpc) is 2.70. The van der Waals surface area contributed by atoms with Gasteiger partial charge in [0.25, 0.3) is 0 Å². The molecule has 0 amide bonds. The van der Waals surface area contributed by atoms with E-state index in [1.54, 1.807) is 31.5 Å². The minimum atomic E-state index is -0.492. The van der Waals surface area contributed by atoms with E-state index < -0.39 is 11.8 Å². The number of hydrogen-bond acceptors (Lipinski definition) is 7. The van der Waals surface area contributed by atoms with E-state index in [0.717, 1.165) is 36.5 Å². The van der Waals surface area contributed by atoms with Crippen LogP contribution in [0.25, 0.3) is 11.1 Å². The molecule has 0 unspecified atom stereocenters. The molecule has 154 valence electrons. The highest BCUT2D eigenvalue weighted by molar-refractivity contribution is 6.31. The fourth-order valence-electron chi connectivity index (χ4n) is 3.02. The maximum atomic E-state index is 13.4. The van der Waals surface area contributed by atoms with Crippen molar-refractivity contribution in [2.24, 2.45) is 0 Å². The number of pyridine rings is 1. The molecule has 7 nitrogen and oxygen atoms in total. The van der Waals surface area contributed by atoms with Gasteiger partial charge in [-0.1, -0.05) is 11.6 Å². The lowest BCUT2D eigenvalue weighted by atomic mass is 10.1. The molecule has 1 aromatic carbocycles. The molecule has 3 aromatic rings. The fourth-order valence-corrected chi connectivity index (χ4v) is 3.20. The predicted molar refractivity (Wildman–Crippen MR) is 113 cm³/mol. The summed E-state index contributed by atoms with van der Waals surface area (Å²) in [5.74, 6) is 0.172. The van der Waals surface area contributed by atoms with Crippen molar-refractivity contribution < 1.29 is 13.9 Å². The SMILES string of the molecule is CCOC(=O)c1cncc(-c2cnc(Nc3ccc(F)c(Cl)c3)nc2N2CCC2)c1. The number of carbonyl (C=O) groups is 1. The molecule has 1 aliphatic rings. The number of nitrogens with one attached hydrogen (secondary N) is 1. The van der Waals surface area contributed by atoms with Gasteiger partial charge in [-0.25, -0.2) is 14.2 Å². The topological polar surface area (TPSA) is 80.2 Å². The summed E-state index contributed by atoms with van der Waals surface area (Å²) in [7, 11) is 0. The average molecular weight is 428 g/mol. The van der Waals surface area contributed by atoms with Crippen molar-refractivity contribution in [2.75, 3.05) is 29.9 Å². The van der Waals surface area contributed by atoms with Crippen molar-refractivity contribution in [3.63, 3.8) is 0 Å². The number of ether oxygens (including phenoxy) is 1. The first-order chi connectivity index (χ1) is 14.5. The zero-order valence-corrected chi connectivity index (χ0v) is 17.0. The van der Waals surface area contributed by atoms with Crippen LogP contribution in [0.4, 0.5) is 21.8 Å². The first-order valence-electron chi connectivity index (χ1n) is 9.51. The van der Waals surface area contributed by atoms with Crippen LogP contribution < -0.4 is 10.2 Å². The number of carbonyl (C=O) groups excluding carboxylic acids is 1. The zero-order chi connectivity index (χ0) is 21.1. The van der Waals surface area contributed by atoms with Crippen LogP contribution in [0.1, 0.15) is 23.7 Å². The lowest BCUT2D eigenvalue weighted by Gasteiger charge is -2.33. The smallest absolute Gasteiger partial charge is 0.339 e. The van der Waals surface area contributed by atoms with Crippen LogP contribution in [0.3, 0.4) is 0 Å². The second-order valence-corrected chi connectivity index (χ2v) is 7.12. The van der Waals surface area contributed by atoms with Gasteiger partial charge in [0.05, 0.1) is 17.2 Å². The number of halogens is 2. The molecule has 3 heterocycles. The maximum absolute atomic E-state index is 13.4. The van der Waals surface area contributed by atoms with Crippen LogP contribution in [-0.2, 0) is 4.74 Å². The van der Waals surface area contributed by atoms with Crippen LogP contribution >= 0.6 is 11.6 Å². The lowest BCUT2D eigenvalue weighted by molar-refractivity contribution is 0.0526. The number of esters is 1. The molecule has 30 heavy (non-hydrogen) atoms. The Kier molecular flexibility index (Phi) is 5.76. The molecular formula is C21H19ClFN5O2. The lowest BCUT2D eigenvalue weighted by Crippen LogP contribution is -2.38. The molecule has 1 fully saturated rings. The van der Waals surface area contributed by atoms with Crippen LogP contribution in [0, 0.1) is 5.82 Å². The van der Waals surface area contributed by atoms with Crippen LogP contribution in [-0.4, -0.2) is 40.6 Å². The summed E-state index contributed by atoms with van der Waals surface area (Å²) in [6, 6.07) is 6.04. The van der Waals surface area contributed by atoms with E-state index in [2.05, 4.69) is 25.2 Å². The van der Waals surface area contributed by atoms with Crippen LogP contribution in [0.2, 0.25) is 5.02 Å². The molecule has 0 bridgehead atoms. The maximum Gasteiger partial charge on any atom is 0.339 e. The largest absolute Gasteiger partial charge is 0.462 e. The number of rotatable bonds is 6. The van der Waals surface area contributed by atoms with Gasteiger partial charge >= 0.3 is 5.97 Å². The summed E-state index contributed by atoms with van der Waals surface area (Å²) >= 11 is 5.85. The van der Waals surface area contributed by atoms with Crippen LogP contribution in [0.15, 0.2) is 42.9 Å². The highest BCUT2D eigenvalue weighted by Gasteiger charge is 2.22. The number of aromatic nitrogens is 3. The van der Waals surface area contributed by atoms with E-state index in [1.807, 2.05) is 0 Å². The highest BCUT2D eigenvalue weighted by atomic mass is 35.5. The predicted octanol–water partition coefficient (Wildman–Crippen LogP) is 4.46.